The summed E-state index contributed by atoms with van der Waals surface area (Å²) in [6, 6.07) is 36.0. The second-order valence-electron chi connectivity index (χ2n) is 7.49. The summed E-state index contributed by atoms with van der Waals surface area (Å²) in [6.45, 7) is 0. The number of fused-ring (bicyclic) bond motifs is 1. The van der Waals surface area contributed by atoms with Crippen molar-refractivity contribution < 1.29 is 0 Å². The first-order valence-corrected chi connectivity index (χ1v) is 11.5. The van der Waals surface area contributed by atoms with Crippen LogP contribution in [0.3, 0.4) is 0 Å². The van der Waals surface area contributed by atoms with E-state index in [1.54, 1.807) is 0 Å². The van der Waals surface area contributed by atoms with E-state index in [-0.39, 0.29) is 0 Å². The Kier molecular flexibility index (Phi) is 5.39. The molecule has 0 atom stereocenters. The monoisotopic (exact) mass is 486 g/mol. The SMILES string of the molecule is ClCc1cc(Br)cc2c1ncn2C(c1ccccc1)(c1ccccc1)c1ccccc1. The van der Waals surface area contributed by atoms with Gasteiger partial charge in [-0.15, -0.1) is 11.6 Å². The zero-order chi connectivity index (χ0) is 21.3. The maximum absolute atomic E-state index is 6.28. The fraction of sp³-hybridized carbons (Fsp3) is 0.0741. The minimum atomic E-state index is -0.594. The van der Waals surface area contributed by atoms with Crippen molar-refractivity contribution in [1.29, 1.82) is 0 Å². The van der Waals surface area contributed by atoms with Crippen LogP contribution in [0, 0.1) is 0 Å². The van der Waals surface area contributed by atoms with Gasteiger partial charge in [0.15, 0.2) is 0 Å². The second-order valence-corrected chi connectivity index (χ2v) is 8.67. The lowest BCUT2D eigenvalue weighted by molar-refractivity contribution is 0.529. The zero-order valence-corrected chi connectivity index (χ0v) is 19.1. The number of aromatic nitrogens is 2. The van der Waals surface area contributed by atoms with Crippen molar-refractivity contribution in [3.05, 3.63) is 136 Å². The fourth-order valence-electron chi connectivity index (χ4n) is 4.47. The standard InChI is InChI=1S/C27H20BrClN2/c28-24-16-20(18-29)26-25(17-24)31(19-30-26)27(21-10-4-1-5-11-21,22-12-6-2-7-13-22)23-14-8-3-9-15-23/h1-17,19H,18H2. The Balaban J connectivity index is 1.97. The van der Waals surface area contributed by atoms with Crippen molar-refractivity contribution in [2.75, 3.05) is 0 Å². The molecule has 0 unspecified atom stereocenters. The molecule has 0 bridgehead atoms. The maximum atomic E-state index is 6.28. The van der Waals surface area contributed by atoms with Gasteiger partial charge in [0.05, 0.1) is 17.4 Å². The summed E-state index contributed by atoms with van der Waals surface area (Å²) in [6.07, 6.45) is 1.94. The molecule has 4 aromatic carbocycles. The second kappa shape index (κ2) is 8.33. The van der Waals surface area contributed by atoms with Gasteiger partial charge in [0.2, 0.25) is 0 Å². The molecule has 152 valence electrons. The van der Waals surface area contributed by atoms with E-state index in [1.807, 2.05) is 12.4 Å². The molecule has 4 heteroatoms. The van der Waals surface area contributed by atoms with Crippen LogP contribution in [-0.2, 0) is 11.4 Å². The van der Waals surface area contributed by atoms with E-state index < -0.39 is 5.54 Å². The predicted molar refractivity (Wildman–Crippen MR) is 132 cm³/mol. The molecule has 2 nitrogen and oxygen atoms in total. The first-order valence-electron chi connectivity index (χ1n) is 10.1. The molecule has 0 saturated carbocycles. The first kappa shape index (κ1) is 20.0. The van der Waals surface area contributed by atoms with Gasteiger partial charge in [-0.05, 0) is 34.4 Å². The number of halogens is 2. The minimum absolute atomic E-state index is 0.405. The van der Waals surface area contributed by atoms with E-state index in [4.69, 9.17) is 16.6 Å². The number of alkyl halides is 1. The largest absolute Gasteiger partial charge is 0.312 e. The number of imidazole rings is 1. The molecule has 0 saturated heterocycles. The van der Waals surface area contributed by atoms with Crippen LogP contribution in [0.5, 0.6) is 0 Å². The quantitative estimate of drug-likeness (QED) is 0.187. The van der Waals surface area contributed by atoms with E-state index in [1.165, 1.54) is 16.7 Å². The van der Waals surface area contributed by atoms with Gasteiger partial charge < -0.3 is 4.57 Å². The molecule has 0 N–H and O–H groups in total. The van der Waals surface area contributed by atoms with Crippen molar-refractivity contribution >= 4 is 38.6 Å². The van der Waals surface area contributed by atoms with Crippen molar-refractivity contribution in [3.63, 3.8) is 0 Å². The van der Waals surface area contributed by atoms with Gasteiger partial charge in [-0.25, -0.2) is 4.98 Å². The van der Waals surface area contributed by atoms with Gasteiger partial charge in [-0.3, -0.25) is 0 Å². The summed E-state index contributed by atoms with van der Waals surface area (Å²) in [5.74, 6) is 0.405. The third kappa shape index (κ3) is 3.29. The Morgan fingerprint density at radius 1 is 0.742 bits per heavy atom. The Morgan fingerprint density at radius 3 is 1.68 bits per heavy atom. The van der Waals surface area contributed by atoms with Crippen LogP contribution in [0.4, 0.5) is 0 Å². The van der Waals surface area contributed by atoms with Crippen molar-refractivity contribution in [3.8, 4) is 0 Å². The average molecular weight is 488 g/mol. The number of benzene rings is 4. The summed E-state index contributed by atoms with van der Waals surface area (Å²) in [5.41, 5.74) is 5.86. The molecule has 31 heavy (non-hydrogen) atoms. The summed E-state index contributed by atoms with van der Waals surface area (Å²) in [4.78, 5) is 4.83. The first-order chi connectivity index (χ1) is 15.2. The van der Waals surface area contributed by atoms with Gasteiger partial charge in [0.1, 0.15) is 5.54 Å². The van der Waals surface area contributed by atoms with Gasteiger partial charge in [-0.1, -0.05) is 107 Å². The van der Waals surface area contributed by atoms with Crippen LogP contribution < -0.4 is 0 Å². The van der Waals surface area contributed by atoms with Crippen molar-refractivity contribution in [2.45, 2.75) is 11.4 Å². The smallest absolute Gasteiger partial charge is 0.122 e. The third-order valence-electron chi connectivity index (χ3n) is 5.78. The van der Waals surface area contributed by atoms with Crippen LogP contribution in [0.2, 0.25) is 0 Å². The molecule has 0 amide bonds. The molecular formula is C27H20BrClN2. The minimum Gasteiger partial charge on any atom is -0.312 e. The summed E-state index contributed by atoms with van der Waals surface area (Å²) in [5, 5.41) is 0. The molecule has 0 radical (unpaired) electrons. The number of hydrogen-bond acceptors (Lipinski definition) is 1. The average Bonchev–Trinajstić information content (AvgIpc) is 3.25. The van der Waals surface area contributed by atoms with E-state index in [2.05, 4.69) is 118 Å². The predicted octanol–water partition coefficient (Wildman–Crippen LogP) is 7.38. The molecule has 0 aliphatic carbocycles. The zero-order valence-electron chi connectivity index (χ0n) is 16.7. The number of nitrogens with zero attached hydrogens (tertiary/aromatic N) is 2. The highest BCUT2D eigenvalue weighted by Gasteiger charge is 2.39. The van der Waals surface area contributed by atoms with Gasteiger partial charge in [-0.2, -0.15) is 0 Å². The molecule has 5 aromatic rings. The molecule has 1 aromatic heterocycles. The van der Waals surface area contributed by atoms with Crippen LogP contribution in [-0.4, -0.2) is 9.55 Å². The highest BCUT2D eigenvalue weighted by molar-refractivity contribution is 9.10. The lowest BCUT2D eigenvalue weighted by Gasteiger charge is -2.38. The molecule has 0 aliphatic rings. The Hall–Kier alpha value is -2.88. The van der Waals surface area contributed by atoms with E-state index in [0.29, 0.717) is 5.88 Å². The fourth-order valence-corrected chi connectivity index (χ4v) is 5.17. The van der Waals surface area contributed by atoms with E-state index in [0.717, 1.165) is 21.1 Å². The maximum Gasteiger partial charge on any atom is 0.122 e. The van der Waals surface area contributed by atoms with Crippen LogP contribution in [0.25, 0.3) is 11.0 Å². The molecule has 0 aliphatic heterocycles. The van der Waals surface area contributed by atoms with E-state index in [9.17, 15) is 0 Å². The Labute approximate surface area is 195 Å². The van der Waals surface area contributed by atoms with Crippen LogP contribution >= 0.6 is 27.5 Å². The van der Waals surface area contributed by atoms with Gasteiger partial charge in [0.25, 0.3) is 0 Å². The lowest BCUT2D eigenvalue weighted by Crippen LogP contribution is -2.37. The topological polar surface area (TPSA) is 17.8 Å². The molecule has 1 heterocycles. The lowest BCUT2D eigenvalue weighted by atomic mass is 9.76. The van der Waals surface area contributed by atoms with Crippen LogP contribution in [0.15, 0.2) is 114 Å². The van der Waals surface area contributed by atoms with Crippen molar-refractivity contribution in [1.82, 2.24) is 9.55 Å². The Bertz CT molecular complexity index is 1220. The number of rotatable bonds is 5. The molecule has 0 fully saturated rings. The summed E-state index contributed by atoms with van der Waals surface area (Å²) in [7, 11) is 0. The highest BCUT2D eigenvalue weighted by Crippen LogP contribution is 2.43. The summed E-state index contributed by atoms with van der Waals surface area (Å²) >= 11 is 9.96. The van der Waals surface area contributed by atoms with Gasteiger partial charge >= 0.3 is 0 Å². The molecular weight excluding hydrogens is 468 g/mol. The van der Waals surface area contributed by atoms with Gasteiger partial charge in [0, 0.05) is 10.4 Å². The van der Waals surface area contributed by atoms with E-state index >= 15 is 0 Å². The normalized spacial score (nSPS) is 11.7. The van der Waals surface area contributed by atoms with Crippen LogP contribution in [0.1, 0.15) is 22.3 Å². The van der Waals surface area contributed by atoms with Crippen molar-refractivity contribution in [2.24, 2.45) is 0 Å². The number of hydrogen-bond donors (Lipinski definition) is 0. The highest BCUT2D eigenvalue weighted by atomic mass is 79.9. The molecule has 0 spiro atoms. The third-order valence-corrected chi connectivity index (χ3v) is 6.52. The Morgan fingerprint density at radius 2 is 1.23 bits per heavy atom. The summed E-state index contributed by atoms with van der Waals surface area (Å²) < 4.78 is 3.27. The molecule has 5 rings (SSSR count).